The Labute approximate surface area is 114 Å². The fraction of sp³-hybridized carbons (Fsp3) is 0.533. The Morgan fingerprint density at radius 1 is 1.42 bits per heavy atom. The van der Waals surface area contributed by atoms with E-state index < -0.39 is 6.04 Å². The van der Waals surface area contributed by atoms with E-state index >= 15 is 0 Å². The average Bonchev–Trinajstić information content (AvgIpc) is 2.36. The summed E-state index contributed by atoms with van der Waals surface area (Å²) >= 11 is 0. The summed E-state index contributed by atoms with van der Waals surface area (Å²) in [5.74, 6) is -0.620. The quantitative estimate of drug-likeness (QED) is 0.805. The fourth-order valence-electron chi connectivity index (χ4n) is 1.88. The zero-order valence-corrected chi connectivity index (χ0v) is 12.0. The first-order chi connectivity index (χ1) is 8.99. The summed E-state index contributed by atoms with van der Waals surface area (Å²) in [6.07, 6.45) is 0.899. The lowest BCUT2D eigenvalue weighted by molar-refractivity contribution is -0.146. The SMILES string of the molecule is CCOC(=O)C(NC(C)CC)c1ccc(F)cc1C. The van der Waals surface area contributed by atoms with Crippen molar-refractivity contribution in [1.82, 2.24) is 5.32 Å². The molecule has 4 heteroatoms. The van der Waals surface area contributed by atoms with E-state index in [0.29, 0.717) is 6.61 Å². The third-order valence-corrected chi connectivity index (χ3v) is 3.13. The van der Waals surface area contributed by atoms with Crippen LogP contribution in [0.25, 0.3) is 0 Å². The number of hydrogen-bond acceptors (Lipinski definition) is 3. The highest BCUT2D eigenvalue weighted by Crippen LogP contribution is 2.21. The van der Waals surface area contributed by atoms with Crippen LogP contribution < -0.4 is 5.32 Å². The second-order valence-electron chi connectivity index (χ2n) is 4.66. The van der Waals surface area contributed by atoms with Gasteiger partial charge in [0.05, 0.1) is 6.61 Å². The molecule has 0 aromatic heterocycles. The van der Waals surface area contributed by atoms with E-state index in [1.165, 1.54) is 12.1 Å². The van der Waals surface area contributed by atoms with Crippen LogP contribution in [0.3, 0.4) is 0 Å². The van der Waals surface area contributed by atoms with Crippen molar-refractivity contribution in [2.24, 2.45) is 0 Å². The molecule has 0 fully saturated rings. The molecule has 0 spiro atoms. The highest BCUT2D eigenvalue weighted by molar-refractivity contribution is 5.78. The van der Waals surface area contributed by atoms with Gasteiger partial charge >= 0.3 is 5.97 Å². The molecule has 1 rings (SSSR count). The number of rotatable bonds is 6. The summed E-state index contributed by atoms with van der Waals surface area (Å²) in [7, 11) is 0. The molecule has 0 saturated carbocycles. The third kappa shape index (κ3) is 4.31. The molecule has 106 valence electrons. The summed E-state index contributed by atoms with van der Waals surface area (Å²) in [5, 5.41) is 3.23. The van der Waals surface area contributed by atoms with Gasteiger partial charge in [-0.25, -0.2) is 9.18 Å². The molecule has 0 aliphatic heterocycles. The van der Waals surface area contributed by atoms with Crippen LogP contribution in [-0.4, -0.2) is 18.6 Å². The first kappa shape index (κ1) is 15.6. The molecule has 19 heavy (non-hydrogen) atoms. The Hall–Kier alpha value is -1.42. The predicted octanol–water partition coefficient (Wildman–Crippen LogP) is 3.13. The topological polar surface area (TPSA) is 38.3 Å². The van der Waals surface area contributed by atoms with Gasteiger partial charge in [-0.1, -0.05) is 13.0 Å². The lowest BCUT2D eigenvalue weighted by atomic mass is 10.00. The van der Waals surface area contributed by atoms with Crippen LogP contribution in [0, 0.1) is 12.7 Å². The molecular weight excluding hydrogens is 245 g/mol. The third-order valence-electron chi connectivity index (χ3n) is 3.13. The summed E-state index contributed by atoms with van der Waals surface area (Å²) in [5.41, 5.74) is 1.51. The van der Waals surface area contributed by atoms with Gasteiger partial charge in [0.25, 0.3) is 0 Å². The van der Waals surface area contributed by atoms with Gasteiger partial charge in [0.15, 0.2) is 0 Å². The first-order valence-corrected chi connectivity index (χ1v) is 6.68. The Balaban J connectivity index is 3.03. The Morgan fingerprint density at radius 2 is 2.11 bits per heavy atom. The largest absolute Gasteiger partial charge is 0.465 e. The second kappa shape index (κ2) is 7.24. The number of benzene rings is 1. The minimum absolute atomic E-state index is 0.179. The molecule has 2 unspecified atom stereocenters. The van der Waals surface area contributed by atoms with Crippen molar-refractivity contribution in [3.05, 3.63) is 35.1 Å². The van der Waals surface area contributed by atoms with E-state index in [-0.39, 0.29) is 17.8 Å². The van der Waals surface area contributed by atoms with Crippen LogP contribution in [0.2, 0.25) is 0 Å². The molecule has 0 heterocycles. The number of ether oxygens (including phenoxy) is 1. The van der Waals surface area contributed by atoms with Gasteiger partial charge in [0.1, 0.15) is 11.9 Å². The summed E-state index contributed by atoms with van der Waals surface area (Å²) in [6, 6.07) is 4.07. The summed E-state index contributed by atoms with van der Waals surface area (Å²) < 4.78 is 18.2. The maximum Gasteiger partial charge on any atom is 0.327 e. The molecule has 0 aliphatic carbocycles. The molecule has 0 saturated heterocycles. The van der Waals surface area contributed by atoms with Gasteiger partial charge in [0.2, 0.25) is 0 Å². The van der Waals surface area contributed by atoms with Crippen LogP contribution in [0.1, 0.15) is 44.4 Å². The number of hydrogen-bond donors (Lipinski definition) is 1. The zero-order valence-electron chi connectivity index (χ0n) is 12.0. The van der Waals surface area contributed by atoms with Gasteiger partial charge in [-0.05, 0) is 50.5 Å². The van der Waals surface area contributed by atoms with Crippen molar-refractivity contribution in [2.75, 3.05) is 6.61 Å². The first-order valence-electron chi connectivity index (χ1n) is 6.68. The standard InChI is InChI=1S/C15H22FNO2/c1-5-11(4)17-14(15(18)19-6-2)13-8-7-12(16)9-10(13)3/h7-9,11,14,17H,5-6H2,1-4H3. The van der Waals surface area contributed by atoms with Gasteiger partial charge in [-0.15, -0.1) is 0 Å². The van der Waals surface area contributed by atoms with Crippen LogP contribution in [0.4, 0.5) is 4.39 Å². The number of nitrogens with one attached hydrogen (secondary N) is 1. The summed E-state index contributed by atoms with van der Waals surface area (Å²) in [4.78, 5) is 12.1. The maximum absolute atomic E-state index is 13.2. The van der Waals surface area contributed by atoms with E-state index in [2.05, 4.69) is 5.32 Å². The highest BCUT2D eigenvalue weighted by Gasteiger charge is 2.24. The molecule has 1 N–H and O–H groups in total. The van der Waals surface area contributed by atoms with Crippen molar-refractivity contribution in [1.29, 1.82) is 0 Å². The van der Waals surface area contributed by atoms with E-state index in [4.69, 9.17) is 4.74 Å². The van der Waals surface area contributed by atoms with Gasteiger partial charge in [-0.2, -0.15) is 0 Å². The molecule has 3 nitrogen and oxygen atoms in total. The normalized spacial score (nSPS) is 13.9. The number of halogens is 1. The summed E-state index contributed by atoms with van der Waals surface area (Å²) in [6.45, 7) is 7.94. The van der Waals surface area contributed by atoms with E-state index in [9.17, 15) is 9.18 Å². The molecule has 0 amide bonds. The number of esters is 1. The van der Waals surface area contributed by atoms with Crippen LogP contribution in [0.15, 0.2) is 18.2 Å². The van der Waals surface area contributed by atoms with Gasteiger partial charge in [0, 0.05) is 6.04 Å². The average molecular weight is 267 g/mol. The van der Waals surface area contributed by atoms with Crippen molar-refractivity contribution >= 4 is 5.97 Å². The van der Waals surface area contributed by atoms with Crippen LogP contribution in [0.5, 0.6) is 0 Å². The zero-order chi connectivity index (χ0) is 14.4. The second-order valence-corrected chi connectivity index (χ2v) is 4.66. The predicted molar refractivity (Wildman–Crippen MR) is 73.4 cm³/mol. The monoisotopic (exact) mass is 267 g/mol. The Morgan fingerprint density at radius 3 is 2.63 bits per heavy atom. The number of aryl methyl sites for hydroxylation is 1. The lowest BCUT2D eigenvalue weighted by Crippen LogP contribution is -2.36. The molecule has 0 aliphatic rings. The van der Waals surface area contributed by atoms with Crippen LogP contribution in [-0.2, 0) is 9.53 Å². The van der Waals surface area contributed by atoms with Crippen molar-refractivity contribution < 1.29 is 13.9 Å². The number of carbonyl (C=O) groups excluding carboxylic acids is 1. The Bertz CT molecular complexity index is 434. The maximum atomic E-state index is 13.2. The van der Waals surface area contributed by atoms with E-state index in [0.717, 1.165) is 17.5 Å². The van der Waals surface area contributed by atoms with Crippen LogP contribution >= 0.6 is 0 Å². The van der Waals surface area contributed by atoms with E-state index in [1.807, 2.05) is 13.8 Å². The molecule has 0 radical (unpaired) electrons. The smallest absolute Gasteiger partial charge is 0.327 e. The lowest BCUT2D eigenvalue weighted by Gasteiger charge is -2.23. The van der Waals surface area contributed by atoms with Crippen molar-refractivity contribution in [3.8, 4) is 0 Å². The fourth-order valence-corrected chi connectivity index (χ4v) is 1.88. The molecular formula is C15H22FNO2. The van der Waals surface area contributed by atoms with Crippen molar-refractivity contribution in [2.45, 2.75) is 46.2 Å². The minimum Gasteiger partial charge on any atom is -0.465 e. The van der Waals surface area contributed by atoms with E-state index in [1.54, 1.807) is 19.9 Å². The van der Waals surface area contributed by atoms with Crippen molar-refractivity contribution in [3.63, 3.8) is 0 Å². The highest BCUT2D eigenvalue weighted by atomic mass is 19.1. The molecule has 0 bridgehead atoms. The minimum atomic E-state index is -0.546. The molecule has 2 atom stereocenters. The molecule has 1 aromatic rings. The van der Waals surface area contributed by atoms with Gasteiger partial charge < -0.3 is 4.74 Å². The Kier molecular flexibility index (Phi) is 5.96. The number of carbonyl (C=O) groups is 1. The van der Waals surface area contributed by atoms with Gasteiger partial charge in [-0.3, -0.25) is 5.32 Å². The molecule has 1 aromatic carbocycles.